The average molecular weight is 236 g/mol. The second-order valence-corrected chi connectivity index (χ2v) is 3.95. The van der Waals surface area contributed by atoms with Gasteiger partial charge in [0.25, 0.3) is 0 Å². The van der Waals surface area contributed by atoms with E-state index in [4.69, 9.17) is 0 Å². The van der Waals surface area contributed by atoms with E-state index in [0.29, 0.717) is 0 Å². The van der Waals surface area contributed by atoms with Crippen LogP contribution in [0.4, 0.5) is 0 Å². The molecule has 0 bridgehead atoms. The molecule has 0 saturated heterocycles. The molecule has 0 spiro atoms. The van der Waals surface area contributed by atoms with E-state index in [1.807, 2.05) is 18.2 Å². The minimum absolute atomic E-state index is 0.294. The van der Waals surface area contributed by atoms with Crippen LogP contribution in [-0.2, 0) is 9.53 Å². The summed E-state index contributed by atoms with van der Waals surface area (Å²) in [5.74, 6) is -0.294. The highest BCUT2D eigenvalue weighted by Crippen LogP contribution is 2.05. The summed E-state index contributed by atoms with van der Waals surface area (Å²) in [6.45, 7) is 3.61. The van der Waals surface area contributed by atoms with Crippen LogP contribution in [0.25, 0.3) is 0 Å². The molecule has 0 rings (SSSR count). The van der Waals surface area contributed by atoms with Gasteiger partial charge in [0.05, 0.1) is 6.26 Å². The smallest absolute Gasteiger partial charge is 0.307 e. The molecule has 0 aromatic carbocycles. The summed E-state index contributed by atoms with van der Waals surface area (Å²) < 4.78 is 4.63. The molecular weight excluding hydrogens is 212 g/mol. The summed E-state index contributed by atoms with van der Waals surface area (Å²) in [6.07, 6.45) is 18.8. The van der Waals surface area contributed by atoms with Crippen molar-refractivity contribution in [1.82, 2.24) is 0 Å². The first-order chi connectivity index (χ1) is 8.27. The van der Waals surface area contributed by atoms with Crippen molar-refractivity contribution in [2.45, 2.75) is 52.4 Å². The Balaban J connectivity index is 3.37. The first-order valence-electron chi connectivity index (χ1n) is 6.43. The van der Waals surface area contributed by atoms with E-state index < -0.39 is 0 Å². The van der Waals surface area contributed by atoms with Crippen molar-refractivity contribution in [3.63, 3.8) is 0 Å². The monoisotopic (exact) mass is 236 g/mol. The van der Waals surface area contributed by atoms with E-state index in [0.717, 1.165) is 6.42 Å². The van der Waals surface area contributed by atoms with Crippen LogP contribution < -0.4 is 0 Å². The van der Waals surface area contributed by atoms with Gasteiger partial charge in [-0.05, 0) is 18.9 Å². The van der Waals surface area contributed by atoms with Gasteiger partial charge >= 0.3 is 5.97 Å². The SMILES string of the molecule is CCCCCCC/C=C/C=C/C=C/OC(C)=O. The minimum Gasteiger partial charge on any atom is -0.435 e. The largest absolute Gasteiger partial charge is 0.435 e. The Morgan fingerprint density at radius 3 is 2.41 bits per heavy atom. The zero-order valence-corrected chi connectivity index (χ0v) is 11.0. The van der Waals surface area contributed by atoms with Crippen molar-refractivity contribution in [3.05, 3.63) is 36.6 Å². The molecule has 0 radical (unpaired) electrons. The van der Waals surface area contributed by atoms with Crippen LogP contribution in [-0.4, -0.2) is 5.97 Å². The topological polar surface area (TPSA) is 26.3 Å². The van der Waals surface area contributed by atoms with Gasteiger partial charge in [0.2, 0.25) is 0 Å². The van der Waals surface area contributed by atoms with Gasteiger partial charge in [0.1, 0.15) is 0 Å². The summed E-state index contributed by atoms with van der Waals surface area (Å²) >= 11 is 0. The van der Waals surface area contributed by atoms with Crippen molar-refractivity contribution in [2.75, 3.05) is 0 Å². The molecule has 0 aliphatic rings. The first-order valence-corrected chi connectivity index (χ1v) is 6.43. The van der Waals surface area contributed by atoms with Gasteiger partial charge in [0.15, 0.2) is 0 Å². The normalized spacial score (nSPS) is 11.9. The fraction of sp³-hybridized carbons (Fsp3) is 0.533. The average Bonchev–Trinajstić information content (AvgIpc) is 2.30. The van der Waals surface area contributed by atoms with Crippen LogP contribution in [0.3, 0.4) is 0 Å². The maximum absolute atomic E-state index is 10.4. The molecule has 0 unspecified atom stereocenters. The predicted octanol–water partition coefficient (Wildman–Crippen LogP) is 4.54. The maximum atomic E-state index is 10.4. The van der Waals surface area contributed by atoms with E-state index >= 15 is 0 Å². The number of esters is 1. The highest BCUT2D eigenvalue weighted by Gasteiger charge is 1.85. The van der Waals surface area contributed by atoms with Crippen molar-refractivity contribution < 1.29 is 9.53 Å². The summed E-state index contributed by atoms with van der Waals surface area (Å²) in [7, 11) is 0. The molecule has 96 valence electrons. The lowest BCUT2D eigenvalue weighted by molar-refractivity contribution is -0.135. The molecule has 17 heavy (non-hydrogen) atoms. The number of allylic oxidation sites excluding steroid dienone is 5. The van der Waals surface area contributed by atoms with Crippen LogP contribution in [0.1, 0.15) is 52.4 Å². The predicted molar refractivity (Wildman–Crippen MR) is 72.6 cm³/mol. The minimum atomic E-state index is -0.294. The summed E-state index contributed by atoms with van der Waals surface area (Å²) in [5, 5.41) is 0. The van der Waals surface area contributed by atoms with Gasteiger partial charge < -0.3 is 4.74 Å². The lowest BCUT2D eigenvalue weighted by Gasteiger charge is -1.95. The third-order valence-corrected chi connectivity index (χ3v) is 2.26. The maximum Gasteiger partial charge on any atom is 0.307 e. The molecule has 2 nitrogen and oxygen atoms in total. The molecule has 0 atom stereocenters. The summed E-state index contributed by atoms with van der Waals surface area (Å²) in [5.41, 5.74) is 0. The van der Waals surface area contributed by atoms with Gasteiger partial charge in [-0.1, -0.05) is 56.9 Å². The lowest BCUT2D eigenvalue weighted by atomic mass is 10.1. The van der Waals surface area contributed by atoms with Crippen LogP contribution in [0, 0.1) is 0 Å². The van der Waals surface area contributed by atoms with E-state index in [1.165, 1.54) is 45.3 Å². The molecule has 0 aliphatic carbocycles. The van der Waals surface area contributed by atoms with Crippen LogP contribution >= 0.6 is 0 Å². The van der Waals surface area contributed by atoms with Gasteiger partial charge in [-0.15, -0.1) is 0 Å². The molecular formula is C15H24O2. The Morgan fingerprint density at radius 1 is 1.00 bits per heavy atom. The van der Waals surface area contributed by atoms with E-state index in [9.17, 15) is 4.79 Å². The van der Waals surface area contributed by atoms with Crippen molar-refractivity contribution in [1.29, 1.82) is 0 Å². The van der Waals surface area contributed by atoms with Gasteiger partial charge in [-0.25, -0.2) is 0 Å². The number of ether oxygens (including phenoxy) is 1. The Labute approximate surface area is 105 Å². The van der Waals surface area contributed by atoms with E-state index in [2.05, 4.69) is 17.7 Å². The molecule has 0 heterocycles. The molecule has 0 amide bonds. The molecule has 0 N–H and O–H groups in total. The Morgan fingerprint density at radius 2 is 1.71 bits per heavy atom. The second-order valence-electron chi connectivity index (χ2n) is 3.95. The summed E-state index contributed by atoms with van der Waals surface area (Å²) in [6, 6.07) is 0. The second kappa shape index (κ2) is 12.8. The molecule has 0 aromatic heterocycles. The van der Waals surface area contributed by atoms with Gasteiger partial charge in [-0.3, -0.25) is 4.79 Å². The third-order valence-electron chi connectivity index (χ3n) is 2.26. The van der Waals surface area contributed by atoms with E-state index in [-0.39, 0.29) is 5.97 Å². The van der Waals surface area contributed by atoms with Crippen LogP contribution in [0.15, 0.2) is 36.6 Å². The Bertz CT molecular complexity index is 262. The van der Waals surface area contributed by atoms with E-state index in [1.54, 1.807) is 6.08 Å². The Hall–Kier alpha value is -1.31. The number of unbranched alkanes of at least 4 members (excludes halogenated alkanes) is 5. The number of carbonyl (C=O) groups is 1. The number of carbonyl (C=O) groups excluding carboxylic acids is 1. The molecule has 0 aromatic rings. The number of rotatable bonds is 9. The number of hydrogen-bond donors (Lipinski definition) is 0. The lowest BCUT2D eigenvalue weighted by Crippen LogP contribution is -1.88. The Kier molecular flexibility index (Phi) is 11.8. The highest BCUT2D eigenvalue weighted by molar-refractivity contribution is 5.66. The standard InChI is InChI=1S/C15H24O2/c1-3-4-5-6-7-8-9-10-11-12-13-14-17-15(2)16/h9-14H,3-8H2,1-2H3/b10-9+,12-11+,14-13+. The molecule has 0 fully saturated rings. The van der Waals surface area contributed by atoms with Crippen molar-refractivity contribution >= 4 is 5.97 Å². The fourth-order valence-corrected chi connectivity index (χ4v) is 1.35. The zero-order valence-electron chi connectivity index (χ0n) is 11.0. The third kappa shape index (κ3) is 14.7. The van der Waals surface area contributed by atoms with Crippen molar-refractivity contribution in [3.8, 4) is 0 Å². The van der Waals surface area contributed by atoms with Crippen LogP contribution in [0.2, 0.25) is 0 Å². The molecule has 0 saturated carbocycles. The number of hydrogen-bond acceptors (Lipinski definition) is 2. The highest BCUT2D eigenvalue weighted by atomic mass is 16.5. The van der Waals surface area contributed by atoms with Gasteiger partial charge in [0, 0.05) is 6.92 Å². The zero-order chi connectivity index (χ0) is 12.8. The van der Waals surface area contributed by atoms with Crippen molar-refractivity contribution in [2.24, 2.45) is 0 Å². The first kappa shape index (κ1) is 15.7. The molecule has 2 heteroatoms. The van der Waals surface area contributed by atoms with Gasteiger partial charge in [-0.2, -0.15) is 0 Å². The fourth-order valence-electron chi connectivity index (χ4n) is 1.35. The quantitative estimate of drug-likeness (QED) is 0.254. The van der Waals surface area contributed by atoms with Crippen LogP contribution in [0.5, 0.6) is 0 Å². The molecule has 0 aliphatic heterocycles. The summed E-state index contributed by atoms with van der Waals surface area (Å²) in [4.78, 5) is 10.4.